The SMILES string of the molecule is CCNC(=NCCC(O)(c1nccn1C)C(F)(F)F)N1CCC(COCC)C1.I. The minimum absolute atomic E-state index is 0. The van der Waals surface area contributed by atoms with Crippen molar-refractivity contribution in [3.8, 4) is 0 Å². The number of aliphatic hydroxyl groups is 1. The third-order valence-electron chi connectivity index (χ3n) is 4.87. The van der Waals surface area contributed by atoms with Gasteiger partial charge in [0.2, 0.25) is 5.60 Å². The van der Waals surface area contributed by atoms with Crippen LogP contribution >= 0.6 is 24.0 Å². The van der Waals surface area contributed by atoms with E-state index in [4.69, 9.17) is 4.74 Å². The molecule has 11 heteroatoms. The Balaban J connectivity index is 0.00000420. The van der Waals surface area contributed by atoms with Crippen LogP contribution in [-0.4, -0.2) is 71.1 Å². The number of nitrogens with one attached hydrogen (secondary N) is 1. The highest BCUT2D eigenvalue weighted by molar-refractivity contribution is 14.0. The summed E-state index contributed by atoms with van der Waals surface area (Å²) in [4.78, 5) is 10.1. The molecule has 0 amide bonds. The lowest BCUT2D eigenvalue weighted by molar-refractivity contribution is -0.272. The monoisotopic (exact) mass is 533 g/mol. The first kappa shape index (κ1) is 26.0. The summed E-state index contributed by atoms with van der Waals surface area (Å²) < 4.78 is 47.4. The molecule has 0 spiro atoms. The molecule has 168 valence electrons. The number of imidazole rings is 1. The molecular weight excluding hydrogens is 502 g/mol. The second-order valence-corrected chi connectivity index (χ2v) is 6.97. The molecule has 2 atom stereocenters. The Morgan fingerprint density at radius 2 is 2.14 bits per heavy atom. The maximum absolute atomic E-state index is 13.6. The van der Waals surface area contributed by atoms with Crippen molar-refractivity contribution in [2.45, 2.75) is 38.5 Å². The summed E-state index contributed by atoms with van der Waals surface area (Å²) in [5.41, 5.74) is -3.05. The van der Waals surface area contributed by atoms with Gasteiger partial charge in [-0.3, -0.25) is 4.99 Å². The van der Waals surface area contributed by atoms with Crippen molar-refractivity contribution in [1.29, 1.82) is 0 Å². The molecule has 1 aromatic heterocycles. The molecule has 0 aromatic carbocycles. The van der Waals surface area contributed by atoms with Crippen LogP contribution in [0.3, 0.4) is 0 Å². The number of rotatable bonds is 8. The van der Waals surface area contributed by atoms with Crippen molar-refractivity contribution >= 4 is 29.9 Å². The van der Waals surface area contributed by atoms with Crippen LogP contribution in [0.25, 0.3) is 0 Å². The molecule has 2 N–H and O–H groups in total. The highest BCUT2D eigenvalue weighted by Gasteiger charge is 2.57. The minimum Gasteiger partial charge on any atom is -0.381 e. The van der Waals surface area contributed by atoms with Gasteiger partial charge in [-0.1, -0.05) is 0 Å². The first-order valence-corrected chi connectivity index (χ1v) is 9.60. The molecule has 2 heterocycles. The van der Waals surface area contributed by atoms with Gasteiger partial charge in [0.25, 0.3) is 0 Å². The van der Waals surface area contributed by atoms with E-state index in [1.54, 1.807) is 0 Å². The maximum Gasteiger partial charge on any atom is 0.424 e. The molecule has 1 aliphatic heterocycles. The van der Waals surface area contributed by atoms with Gasteiger partial charge in [0.15, 0.2) is 5.96 Å². The van der Waals surface area contributed by atoms with Gasteiger partial charge in [0.05, 0.1) is 6.61 Å². The summed E-state index contributed by atoms with van der Waals surface area (Å²) in [5, 5.41) is 13.5. The van der Waals surface area contributed by atoms with Gasteiger partial charge in [-0.05, 0) is 20.3 Å². The van der Waals surface area contributed by atoms with E-state index in [0.29, 0.717) is 31.6 Å². The summed E-state index contributed by atoms with van der Waals surface area (Å²) in [5.74, 6) is 0.507. The molecule has 29 heavy (non-hydrogen) atoms. The van der Waals surface area contributed by atoms with Gasteiger partial charge >= 0.3 is 6.18 Å². The number of aryl methyl sites for hydroxylation is 1. The van der Waals surface area contributed by atoms with E-state index < -0.39 is 24.0 Å². The largest absolute Gasteiger partial charge is 0.424 e. The Kier molecular flexibility index (Phi) is 10.2. The Morgan fingerprint density at radius 1 is 1.41 bits per heavy atom. The van der Waals surface area contributed by atoms with Crippen LogP contribution in [0.15, 0.2) is 17.4 Å². The second-order valence-electron chi connectivity index (χ2n) is 6.97. The molecule has 0 aliphatic carbocycles. The number of aromatic nitrogens is 2. The van der Waals surface area contributed by atoms with Gasteiger partial charge in [-0.15, -0.1) is 24.0 Å². The highest BCUT2D eigenvalue weighted by atomic mass is 127. The van der Waals surface area contributed by atoms with Crippen molar-refractivity contribution in [1.82, 2.24) is 19.8 Å². The van der Waals surface area contributed by atoms with Crippen LogP contribution in [0.5, 0.6) is 0 Å². The van der Waals surface area contributed by atoms with Crippen LogP contribution in [-0.2, 0) is 17.4 Å². The molecular formula is C18H31F3IN5O2. The van der Waals surface area contributed by atoms with Crippen molar-refractivity contribution in [3.05, 3.63) is 18.2 Å². The Labute approximate surface area is 186 Å². The van der Waals surface area contributed by atoms with Gasteiger partial charge in [0, 0.05) is 64.6 Å². The fourth-order valence-electron chi connectivity index (χ4n) is 3.34. The number of nitrogens with zero attached hydrogens (tertiary/aromatic N) is 4. The van der Waals surface area contributed by atoms with Gasteiger partial charge in [0.1, 0.15) is 5.82 Å². The molecule has 0 saturated carbocycles. The topological polar surface area (TPSA) is 74.9 Å². The maximum atomic E-state index is 13.6. The van der Waals surface area contributed by atoms with Crippen LogP contribution in [0, 0.1) is 5.92 Å². The first-order valence-electron chi connectivity index (χ1n) is 9.60. The van der Waals surface area contributed by atoms with E-state index in [1.807, 2.05) is 18.7 Å². The Morgan fingerprint density at radius 3 is 2.69 bits per heavy atom. The zero-order valence-corrected chi connectivity index (χ0v) is 19.4. The van der Waals surface area contributed by atoms with Crippen LogP contribution < -0.4 is 5.32 Å². The van der Waals surface area contributed by atoms with E-state index in [0.717, 1.165) is 19.5 Å². The molecule has 0 radical (unpaired) electrons. The molecule has 2 rings (SSSR count). The zero-order valence-electron chi connectivity index (χ0n) is 17.1. The Hall–Kier alpha value is -1.08. The number of hydrogen-bond donors (Lipinski definition) is 2. The number of alkyl halides is 3. The lowest BCUT2D eigenvalue weighted by Gasteiger charge is -2.29. The standard InChI is InChI=1S/C18H30F3N5O2.HI/c1-4-22-16(26-10-6-14(12-26)13-28-5-2)24-8-7-17(27,18(19,20)21)15-23-9-11-25(15)3;/h9,11,14,27H,4-8,10,12-13H2,1-3H3,(H,22,24);1H. The molecule has 1 saturated heterocycles. The summed E-state index contributed by atoms with van der Waals surface area (Å²) >= 11 is 0. The van der Waals surface area contributed by atoms with Gasteiger partial charge < -0.3 is 24.6 Å². The van der Waals surface area contributed by atoms with Crippen molar-refractivity contribution in [2.24, 2.45) is 18.0 Å². The average Bonchev–Trinajstić information content (AvgIpc) is 3.27. The third kappa shape index (κ3) is 6.45. The van der Waals surface area contributed by atoms with Crippen molar-refractivity contribution in [2.75, 3.05) is 39.4 Å². The van der Waals surface area contributed by atoms with Crippen molar-refractivity contribution < 1.29 is 23.0 Å². The van der Waals surface area contributed by atoms with E-state index in [9.17, 15) is 18.3 Å². The highest BCUT2D eigenvalue weighted by Crippen LogP contribution is 2.40. The zero-order chi connectivity index (χ0) is 20.8. The minimum atomic E-state index is -4.85. The lowest BCUT2D eigenvalue weighted by atomic mass is 9.98. The molecule has 7 nitrogen and oxygen atoms in total. The third-order valence-corrected chi connectivity index (χ3v) is 4.87. The summed E-state index contributed by atoms with van der Waals surface area (Å²) in [6, 6.07) is 0. The molecule has 2 unspecified atom stereocenters. The number of halogens is 4. The summed E-state index contributed by atoms with van der Waals surface area (Å²) in [6.07, 6.45) is -1.89. The van der Waals surface area contributed by atoms with E-state index >= 15 is 0 Å². The number of ether oxygens (including phenoxy) is 1. The van der Waals surface area contributed by atoms with Crippen LogP contribution in [0.4, 0.5) is 13.2 Å². The normalized spacial score (nSPS) is 19.8. The summed E-state index contributed by atoms with van der Waals surface area (Å²) in [7, 11) is 1.43. The quantitative estimate of drug-likeness (QED) is 0.305. The molecule has 0 bridgehead atoms. The Bertz CT molecular complexity index is 656. The lowest BCUT2D eigenvalue weighted by Crippen LogP contribution is -2.45. The second kappa shape index (κ2) is 11.3. The number of guanidine groups is 1. The summed E-state index contributed by atoms with van der Waals surface area (Å²) in [6.45, 7) is 7.12. The van der Waals surface area contributed by atoms with Gasteiger partial charge in [-0.2, -0.15) is 13.2 Å². The first-order chi connectivity index (χ1) is 13.2. The average molecular weight is 533 g/mol. The van der Waals surface area contributed by atoms with Crippen LogP contribution in [0.2, 0.25) is 0 Å². The fraction of sp³-hybridized carbons (Fsp3) is 0.778. The molecule has 1 aliphatic rings. The number of likely N-dealkylation sites (tertiary alicyclic amines) is 1. The predicted molar refractivity (Wildman–Crippen MR) is 115 cm³/mol. The molecule has 1 fully saturated rings. The van der Waals surface area contributed by atoms with E-state index in [2.05, 4.69) is 15.3 Å². The molecule has 1 aromatic rings. The van der Waals surface area contributed by atoms with Crippen LogP contribution in [0.1, 0.15) is 32.5 Å². The fourth-order valence-corrected chi connectivity index (χ4v) is 3.34. The van der Waals surface area contributed by atoms with E-state index in [-0.39, 0.29) is 30.5 Å². The number of aliphatic imine (C=N–C) groups is 1. The predicted octanol–water partition coefficient (Wildman–Crippen LogP) is 2.50. The van der Waals surface area contributed by atoms with Gasteiger partial charge in [-0.25, -0.2) is 4.98 Å². The number of hydrogen-bond acceptors (Lipinski definition) is 4. The smallest absolute Gasteiger partial charge is 0.381 e. The van der Waals surface area contributed by atoms with E-state index in [1.165, 1.54) is 24.0 Å². The van der Waals surface area contributed by atoms with Crippen molar-refractivity contribution in [3.63, 3.8) is 0 Å².